The van der Waals surface area contributed by atoms with Crippen LogP contribution in [0.4, 0.5) is 0 Å². The summed E-state index contributed by atoms with van der Waals surface area (Å²) in [6, 6.07) is 3.53. The molecule has 1 N–H and O–H groups in total. The number of pyridine rings is 1. The molecule has 2 aromatic rings. The second-order valence-corrected chi connectivity index (χ2v) is 4.25. The second-order valence-electron chi connectivity index (χ2n) is 4.25. The van der Waals surface area contributed by atoms with Gasteiger partial charge in [0, 0.05) is 25.2 Å². The Morgan fingerprint density at radius 1 is 1.37 bits per heavy atom. The van der Waals surface area contributed by atoms with Crippen molar-refractivity contribution in [3.05, 3.63) is 36.0 Å². The average Bonchev–Trinajstić information content (AvgIpc) is 2.86. The van der Waals surface area contributed by atoms with Crippen LogP contribution >= 0.6 is 0 Å². The van der Waals surface area contributed by atoms with Gasteiger partial charge in [-0.3, -0.25) is 4.68 Å². The van der Waals surface area contributed by atoms with Gasteiger partial charge in [0.25, 0.3) is 0 Å². The molecule has 0 fully saturated rings. The van der Waals surface area contributed by atoms with E-state index in [9.17, 15) is 5.11 Å². The predicted octanol–water partition coefficient (Wildman–Crippen LogP) is 1.37. The van der Waals surface area contributed by atoms with Gasteiger partial charge in [0.1, 0.15) is 12.2 Å². The molecule has 0 aliphatic rings. The Morgan fingerprint density at radius 2 is 2.21 bits per heavy atom. The summed E-state index contributed by atoms with van der Waals surface area (Å²) in [5, 5.41) is 14.3. The topological polar surface area (TPSA) is 73.1 Å². The maximum Gasteiger partial charge on any atom is 0.212 e. The molecule has 102 valence electrons. The summed E-state index contributed by atoms with van der Waals surface area (Å²) in [4.78, 5) is 8.26. The first kappa shape index (κ1) is 13.5. The van der Waals surface area contributed by atoms with Gasteiger partial charge in [0.05, 0.1) is 13.2 Å². The van der Waals surface area contributed by atoms with E-state index in [0.717, 1.165) is 24.4 Å². The lowest BCUT2D eigenvalue weighted by Gasteiger charge is -2.11. The first-order valence-corrected chi connectivity index (χ1v) is 6.29. The van der Waals surface area contributed by atoms with E-state index in [4.69, 9.17) is 4.74 Å². The minimum atomic E-state index is -0.641. The van der Waals surface area contributed by atoms with Crippen molar-refractivity contribution in [3.63, 3.8) is 0 Å². The number of aromatic nitrogens is 4. The zero-order valence-electron chi connectivity index (χ0n) is 11.2. The Morgan fingerprint density at radius 3 is 2.84 bits per heavy atom. The smallest absolute Gasteiger partial charge is 0.212 e. The Hall–Kier alpha value is -1.95. The summed E-state index contributed by atoms with van der Waals surface area (Å²) in [5.41, 5.74) is 0.742. The quantitative estimate of drug-likeness (QED) is 0.851. The van der Waals surface area contributed by atoms with Gasteiger partial charge in [-0.1, -0.05) is 6.92 Å². The van der Waals surface area contributed by atoms with Gasteiger partial charge < -0.3 is 9.84 Å². The van der Waals surface area contributed by atoms with Crippen LogP contribution in [-0.2, 0) is 13.0 Å². The number of nitrogens with zero attached hydrogens (tertiary/aromatic N) is 4. The fourth-order valence-corrected chi connectivity index (χ4v) is 1.85. The average molecular weight is 262 g/mol. The molecule has 19 heavy (non-hydrogen) atoms. The van der Waals surface area contributed by atoms with Crippen molar-refractivity contribution in [3.8, 4) is 5.88 Å². The fourth-order valence-electron chi connectivity index (χ4n) is 1.85. The molecule has 2 rings (SSSR count). The monoisotopic (exact) mass is 262 g/mol. The lowest BCUT2D eigenvalue weighted by atomic mass is 10.1. The van der Waals surface area contributed by atoms with Gasteiger partial charge in [-0.2, -0.15) is 5.10 Å². The van der Waals surface area contributed by atoms with Gasteiger partial charge in [-0.25, -0.2) is 9.97 Å². The van der Waals surface area contributed by atoms with E-state index in [1.807, 2.05) is 4.68 Å². The molecule has 0 saturated carbocycles. The van der Waals surface area contributed by atoms with Gasteiger partial charge in [-0.05, 0) is 18.1 Å². The van der Waals surface area contributed by atoms with Crippen molar-refractivity contribution in [2.75, 3.05) is 7.11 Å². The molecule has 2 heterocycles. The van der Waals surface area contributed by atoms with Crippen molar-refractivity contribution < 1.29 is 9.84 Å². The van der Waals surface area contributed by atoms with Gasteiger partial charge in [0.2, 0.25) is 5.88 Å². The molecule has 2 aromatic heterocycles. The van der Waals surface area contributed by atoms with E-state index >= 15 is 0 Å². The number of rotatable bonds is 6. The first-order valence-electron chi connectivity index (χ1n) is 6.29. The zero-order valence-corrected chi connectivity index (χ0v) is 11.2. The third-order valence-electron chi connectivity index (χ3n) is 2.86. The van der Waals surface area contributed by atoms with E-state index in [1.54, 1.807) is 25.4 Å². The number of aryl methyl sites for hydroxylation is 1. The molecule has 0 aliphatic carbocycles. The van der Waals surface area contributed by atoms with Crippen molar-refractivity contribution in [1.82, 2.24) is 19.7 Å². The van der Waals surface area contributed by atoms with E-state index in [-0.39, 0.29) is 0 Å². The molecular formula is C13H18N4O2. The Kier molecular flexibility index (Phi) is 4.46. The lowest BCUT2D eigenvalue weighted by molar-refractivity contribution is 0.173. The fraction of sp³-hybridized carbons (Fsp3) is 0.462. The minimum absolute atomic E-state index is 0.425. The summed E-state index contributed by atoms with van der Waals surface area (Å²) in [6.07, 6.45) is 3.90. The van der Waals surface area contributed by atoms with Crippen LogP contribution in [0.3, 0.4) is 0 Å². The van der Waals surface area contributed by atoms with E-state index < -0.39 is 6.10 Å². The van der Waals surface area contributed by atoms with Crippen LogP contribution in [0.1, 0.15) is 30.8 Å². The highest BCUT2D eigenvalue weighted by molar-refractivity contribution is 5.20. The van der Waals surface area contributed by atoms with Gasteiger partial charge in [0.15, 0.2) is 0 Å². The molecule has 6 heteroatoms. The first-order chi connectivity index (χ1) is 9.24. The Labute approximate surface area is 112 Å². The van der Waals surface area contributed by atoms with Crippen molar-refractivity contribution in [2.24, 2.45) is 0 Å². The molecule has 0 amide bonds. The van der Waals surface area contributed by atoms with Crippen LogP contribution in [0.25, 0.3) is 0 Å². The van der Waals surface area contributed by atoms with E-state index in [1.165, 1.54) is 6.33 Å². The molecule has 0 aliphatic heterocycles. The summed E-state index contributed by atoms with van der Waals surface area (Å²) >= 11 is 0. The zero-order chi connectivity index (χ0) is 13.7. The maximum atomic E-state index is 10.2. The second kappa shape index (κ2) is 6.29. The lowest BCUT2D eigenvalue weighted by Crippen LogP contribution is -2.10. The van der Waals surface area contributed by atoms with Crippen LogP contribution in [0, 0.1) is 0 Å². The molecule has 0 bridgehead atoms. The third-order valence-corrected chi connectivity index (χ3v) is 2.86. The molecule has 0 aromatic carbocycles. The molecule has 1 unspecified atom stereocenters. The predicted molar refractivity (Wildman–Crippen MR) is 69.8 cm³/mol. The molecule has 6 nitrogen and oxygen atoms in total. The standard InChI is InChI=1S/C13H18N4O2/c1-3-6-17-12(15-9-16-17)7-11(18)10-4-5-13(19-2)14-8-10/h4-5,8-9,11,18H,3,6-7H2,1-2H3. The van der Waals surface area contributed by atoms with Crippen LogP contribution in [0.15, 0.2) is 24.7 Å². The SMILES string of the molecule is CCCn1ncnc1CC(O)c1ccc(OC)nc1. The minimum Gasteiger partial charge on any atom is -0.481 e. The van der Waals surface area contributed by atoms with Crippen molar-refractivity contribution in [2.45, 2.75) is 32.4 Å². The number of hydrogen-bond acceptors (Lipinski definition) is 5. The van der Waals surface area contributed by atoms with E-state index in [0.29, 0.717) is 12.3 Å². The largest absolute Gasteiger partial charge is 0.481 e. The normalized spacial score (nSPS) is 12.4. The third kappa shape index (κ3) is 3.29. The molecule has 0 saturated heterocycles. The highest BCUT2D eigenvalue weighted by atomic mass is 16.5. The summed E-state index contributed by atoms with van der Waals surface area (Å²) in [6.45, 7) is 2.89. The highest BCUT2D eigenvalue weighted by Crippen LogP contribution is 2.18. The summed E-state index contributed by atoms with van der Waals surface area (Å²) in [7, 11) is 1.56. The molecular weight excluding hydrogens is 244 g/mol. The summed E-state index contributed by atoms with van der Waals surface area (Å²) < 4.78 is 6.81. The maximum absolute atomic E-state index is 10.2. The van der Waals surface area contributed by atoms with Crippen LogP contribution in [0.2, 0.25) is 0 Å². The van der Waals surface area contributed by atoms with Crippen LogP contribution < -0.4 is 4.74 Å². The number of methoxy groups -OCH3 is 1. The number of hydrogen-bond donors (Lipinski definition) is 1. The highest BCUT2D eigenvalue weighted by Gasteiger charge is 2.13. The van der Waals surface area contributed by atoms with Crippen molar-refractivity contribution in [1.29, 1.82) is 0 Å². The summed E-state index contributed by atoms with van der Waals surface area (Å²) in [5.74, 6) is 1.32. The van der Waals surface area contributed by atoms with E-state index in [2.05, 4.69) is 22.0 Å². The molecule has 1 atom stereocenters. The number of aliphatic hydroxyl groups is 1. The number of ether oxygens (including phenoxy) is 1. The Balaban J connectivity index is 2.06. The van der Waals surface area contributed by atoms with Gasteiger partial charge in [-0.15, -0.1) is 0 Å². The molecule has 0 radical (unpaired) electrons. The van der Waals surface area contributed by atoms with Crippen molar-refractivity contribution >= 4 is 0 Å². The molecule has 0 spiro atoms. The van der Waals surface area contributed by atoms with Crippen LogP contribution in [0.5, 0.6) is 5.88 Å². The van der Waals surface area contributed by atoms with Crippen LogP contribution in [-0.4, -0.2) is 32.0 Å². The van der Waals surface area contributed by atoms with Gasteiger partial charge >= 0.3 is 0 Å². The number of aliphatic hydroxyl groups excluding tert-OH is 1. The Bertz CT molecular complexity index is 510.